The SMILES string of the molecule is Cc1cccc(N)c1N1CCOCC1C(N)=O. The summed E-state index contributed by atoms with van der Waals surface area (Å²) in [5, 5.41) is 0. The maximum Gasteiger partial charge on any atom is 0.242 e. The van der Waals surface area contributed by atoms with Crippen LogP contribution in [0.5, 0.6) is 0 Å². The van der Waals surface area contributed by atoms with E-state index in [2.05, 4.69) is 0 Å². The van der Waals surface area contributed by atoms with Crippen LogP contribution in [0.2, 0.25) is 0 Å². The van der Waals surface area contributed by atoms with Gasteiger partial charge in [0.25, 0.3) is 0 Å². The summed E-state index contributed by atoms with van der Waals surface area (Å²) in [7, 11) is 0. The number of ether oxygens (including phenoxy) is 1. The number of morpholine rings is 1. The van der Waals surface area contributed by atoms with E-state index in [1.54, 1.807) is 0 Å². The van der Waals surface area contributed by atoms with Crippen molar-refractivity contribution >= 4 is 17.3 Å². The third-order valence-electron chi connectivity index (χ3n) is 3.01. The first-order chi connectivity index (χ1) is 8.11. The van der Waals surface area contributed by atoms with Gasteiger partial charge in [0.1, 0.15) is 6.04 Å². The zero-order valence-corrected chi connectivity index (χ0v) is 9.85. The molecule has 1 aliphatic rings. The Morgan fingerprint density at radius 3 is 2.94 bits per heavy atom. The predicted octanol–water partition coefficient (Wildman–Crippen LogP) is 0.268. The minimum absolute atomic E-state index is 0.323. The molecule has 1 saturated heterocycles. The van der Waals surface area contributed by atoms with Gasteiger partial charge in [-0.2, -0.15) is 0 Å². The van der Waals surface area contributed by atoms with Gasteiger partial charge in [-0.1, -0.05) is 12.1 Å². The summed E-state index contributed by atoms with van der Waals surface area (Å²) < 4.78 is 5.29. The van der Waals surface area contributed by atoms with Crippen LogP contribution in [-0.2, 0) is 9.53 Å². The van der Waals surface area contributed by atoms with Gasteiger partial charge in [0.2, 0.25) is 5.91 Å². The minimum Gasteiger partial charge on any atom is -0.397 e. The first kappa shape index (κ1) is 11.7. The number of hydrogen-bond donors (Lipinski definition) is 2. The second-order valence-corrected chi connectivity index (χ2v) is 4.20. The Morgan fingerprint density at radius 1 is 1.53 bits per heavy atom. The maximum atomic E-state index is 11.4. The van der Waals surface area contributed by atoms with Crippen LogP contribution in [0.3, 0.4) is 0 Å². The number of hydrogen-bond acceptors (Lipinski definition) is 4. The highest BCUT2D eigenvalue weighted by Gasteiger charge is 2.29. The molecule has 5 heteroatoms. The predicted molar refractivity (Wildman–Crippen MR) is 66.7 cm³/mol. The molecule has 1 heterocycles. The van der Waals surface area contributed by atoms with Gasteiger partial charge in [0.05, 0.1) is 24.6 Å². The molecule has 1 aliphatic heterocycles. The number of aryl methyl sites for hydroxylation is 1. The number of rotatable bonds is 2. The molecule has 0 spiro atoms. The van der Waals surface area contributed by atoms with Crippen LogP contribution >= 0.6 is 0 Å². The summed E-state index contributed by atoms with van der Waals surface area (Å²) in [5.74, 6) is -0.382. The topological polar surface area (TPSA) is 81.6 Å². The van der Waals surface area contributed by atoms with Crippen LogP contribution in [0.4, 0.5) is 11.4 Å². The van der Waals surface area contributed by atoms with Crippen molar-refractivity contribution in [1.82, 2.24) is 0 Å². The molecule has 5 nitrogen and oxygen atoms in total. The van der Waals surface area contributed by atoms with Crippen molar-refractivity contribution in [3.63, 3.8) is 0 Å². The molecule has 1 fully saturated rings. The molecule has 4 N–H and O–H groups in total. The molecule has 0 saturated carbocycles. The number of primary amides is 1. The van der Waals surface area contributed by atoms with Crippen LogP contribution in [0.1, 0.15) is 5.56 Å². The number of nitrogens with two attached hydrogens (primary N) is 2. The van der Waals surface area contributed by atoms with Crippen molar-refractivity contribution < 1.29 is 9.53 Å². The van der Waals surface area contributed by atoms with Gasteiger partial charge in [0.15, 0.2) is 0 Å². The van der Waals surface area contributed by atoms with Gasteiger partial charge < -0.3 is 21.1 Å². The maximum absolute atomic E-state index is 11.4. The van der Waals surface area contributed by atoms with E-state index in [0.717, 1.165) is 11.3 Å². The Labute approximate surface area is 100 Å². The first-order valence-electron chi connectivity index (χ1n) is 5.60. The lowest BCUT2D eigenvalue weighted by Crippen LogP contribution is -2.53. The number of nitrogen functional groups attached to an aromatic ring is 1. The molecule has 0 bridgehead atoms. The van der Waals surface area contributed by atoms with Gasteiger partial charge in [-0.05, 0) is 18.6 Å². The number of benzene rings is 1. The highest BCUT2D eigenvalue weighted by molar-refractivity contribution is 5.86. The molecule has 17 heavy (non-hydrogen) atoms. The summed E-state index contributed by atoms with van der Waals surface area (Å²) in [5.41, 5.74) is 14.0. The van der Waals surface area contributed by atoms with Crippen molar-refractivity contribution in [3.05, 3.63) is 23.8 Å². The molecule has 0 aromatic heterocycles. The van der Waals surface area contributed by atoms with Crippen molar-refractivity contribution in [2.75, 3.05) is 30.4 Å². The summed E-state index contributed by atoms with van der Waals surface area (Å²) >= 11 is 0. The monoisotopic (exact) mass is 235 g/mol. The summed E-state index contributed by atoms with van der Waals surface area (Å²) in [6.45, 7) is 3.50. The van der Waals surface area contributed by atoms with Crippen LogP contribution in [0.15, 0.2) is 18.2 Å². The van der Waals surface area contributed by atoms with Crippen LogP contribution in [0.25, 0.3) is 0 Å². The fourth-order valence-electron chi connectivity index (χ4n) is 2.18. The lowest BCUT2D eigenvalue weighted by Gasteiger charge is -2.36. The summed E-state index contributed by atoms with van der Waals surface area (Å²) in [4.78, 5) is 13.4. The zero-order chi connectivity index (χ0) is 12.4. The van der Waals surface area contributed by atoms with E-state index in [1.165, 1.54) is 0 Å². The number of carbonyl (C=O) groups is 1. The van der Waals surface area contributed by atoms with E-state index in [1.807, 2.05) is 30.0 Å². The van der Waals surface area contributed by atoms with Gasteiger partial charge in [0, 0.05) is 6.54 Å². The molecular formula is C12H17N3O2. The third kappa shape index (κ3) is 2.19. The Kier molecular flexibility index (Phi) is 3.19. The Morgan fingerprint density at radius 2 is 2.29 bits per heavy atom. The number of amides is 1. The summed E-state index contributed by atoms with van der Waals surface area (Å²) in [6, 6.07) is 5.26. The lowest BCUT2D eigenvalue weighted by atomic mass is 10.1. The van der Waals surface area contributed by atoms with Gasteiger partial charge in [-0.25, -0.2) is 0 Å². The smallest absolute Gasteiger partial charge is 0.242 e. The fourth-order valence-corrected chi connectivity index (χ4v) is 2.18. The van der Waals surface area contributed by atoms with Crippen molar-refractivity contribution in [1.29, 1.82) is 0 Å². The van der Waals surface area contributed by atoms with Crippen LogP contribution in [0, 0.1) is 6.92 Å². The van der Waals surface area contributed by atoms with E-state index in [9.17, 15) is 4.79 Å². The second kappa shape index (κ2) is 4.63. The molecule has 0 radical (unpaired) electrons. The molecule has 1 atom stereocenters. The zero-order valence-electron chi connectivity index (χ0n) is 9.85. The standard InChI is InChI=1S/C12H17N3O2/c1-8-3-2-4-9(13)11(8)15-5-6-17-7-10(15)12(14)16/h2-4,10H,5-7,13H2,1H3,(H2,14,16). The van der Waals surface area contributed by atoms with E-state index in [0.29, 0.717) is 25.4 Å². The van der Waals surface area contributed by atoms with Crippen molar-refractivity contribution in [2.24, 2.45) is 5.73 Å². The lowest BCUT2D eigenvalue weighted by molar-refractivity contribution is -0.121. The van der Waals surface area contributed by atoms with E-state index in [-0.39, 0.29) is 5.91 Å². The molecule has 2 rings (SSSR count). The molecular weight excluding hydrogens is 218 g/mol. The quantitative estimate of drug-likeness (QED) is 0.721. The molecule has 92 valence electrons. The normalized spacial score (nSPS) is 20.3. The molecule has 1 aromatic carbocycles. The van der Waals surface area contributed by atoms with Gasteiger partial charge in [-0.15, -0.1) is 0 Å². The number of nitrogens with zero attached hydrogens (tertiary/aromatic N) is 1. The molecule has 0 aliphatic carbocycles. The van der Waals surface area contributed by atoms with Crippen LogP contribution < -0.4 is 16.4 Å². The van der Waals surface area contributed by atoms with Gasteiger partial charge in [-0.3, -0.25) is 4.79 Å². The minimum atomic E-state index is -0.438. The Bertz CT molecular complexity index is 414. The van der Waals surface area contributed by atoms with Crippen molar-refractivity contribution in [2.45, 2.75) is 13.0 Å². The molecule has 1 amide bonds. The number of para-hydroxylation sites is 1. The number of anilines is 2. The first-order valence-corrected chi connectivity index (χ1v) is 5.60. The highest BCUT2D eigenvalue weighted by atomic mass is 16.5. The van der Waals surface area contributed by atoms with E-state index in [4.69, 9.17) is 16.2 Å². The van der Waals surface area contributed by atoms with Crippen molar-refractivity contribution in [3.8, 4) is 0 Å². The largest absolute Gasteiger partial charge is 0.397 e. The van der Waals surface area contributed by atoms with Crippen LogP contribution in [-0.4, -0.2) is 31.7 Å². The third-order valence-corrected chi connectivity index (χ3v) is 3.01. The van der Waals surface area contributed by atoms with Gasteiger partial charge >= 0.3 is 0 Å². The Balaban J connectivity index is 2.39. The number of carbonyl (C=O) groups excluding carboxylic acids is 1. The highest BCUT2D eigenvalue weighted by Crippen LogP contribution is 2.29. The molecule has 1 aromatic rings. The average molecular weight is 235 g/mol. The summed E-state index contributed by atoms with van der Waals surface area (Å²) in [6.07, 6.45) is 0. The second-order valence-electron chi connectivity index (χ2n) is 4.20. The van der Waals surface area contributed by atoms with E-state index >= 15 is 0 Å². The fraction of sp³-hybridized carbons (Fsp3) is 0.417. The van der Waals surface area contributed by atoms with E-state index < -0.39 is 6.04 Å². The Hall–Kier alpha value is -1.75. The molecule has 1 unspecified atom stereocenters. The average Bonchev–Trinajstić information content (AvgIpc) is 2.29.